The molecule has 0 saturated carbocycles. The molecular weight excluding hydrogens is 324 g/mol. The standard InChI is InChI=1S/C18H18N2O5/c1-23-18(22)17(20-24-2)15-9-5-3-8-14(15)12-25-19-11-13-7-4-6-10-16(13)21/h3-11,21H,12H2,1-2H3/b19-11-,20-17+. The van der Waals surface area contributed by atoms with Gasteiger partial charge in [0.05, 0.1) is 13.3 Å². The number of hydrogen-bond acceptors (Lipinski definition) is 7. The van der Waals surface area contributed by atoms with E-state index >= 15 is 0 Å². The van der Waals surface area contributed by atoms with Crippen LogP contribution >= 0.6 is 0 Å². The van der Waals surface area contributed by atoms with Gasteiger partial charge in [0, 0.05) is 16.7 Å². The van der Waals surface area contributed by atoms with E-state index in [-0.39, 0.29) is 18.1 Å². The van der Waals surface area contributed by atoms with Crippen molar-refractivity contribution in [1.29, 1.82) is 0 Å². The number of phenolic OH excluding ortho intramolecular Hbond substituents is 1. The monoisotopic (exact) mass is 342 g/mol. The molecule has 0 unspecified atom stereocenters. The summed E-state index contributed by atoms with van der Waals surface area (Å²) >= 11 is 0. The first-order chi connectivity index (χ1) is 12.2. The summed E-state index contributed by atoms with van der Waals surface area (Å²) in [5, 5.41) is 17.2. The SMILES string of the molecule is CO/N=C(/C(=O)OC)c1ccccc1CO/N=C\c1ccccc1O. The summed E-state index contributed by atoms with van der Waals surface area (Å²) in [4.78, 5) is 21.9. The van der Waals surface area contributed by atoms with Gasteiger partial charge in [-0.1, -0.05) is 46.7 Å². The van der Waals surface area contributed by atoms with Crippen molar-refractivity contribution in [1.82, 2.24) is 0 Å². The van der Waals surface area contributed by atoms with E-state index < -0.39 is 5.97 Å². The Labute approximate surface area is 145 Å². The normalized spacial score (nSPS) is 11.4. The van der Waals surface area contributed by atoms with Crippen molar-refractivity contribution in [2.45, 2.75) is 6.61 Å². The molecule has 25 heavy (non-hydrogen) atoms. The molecule has 0 amide bonds. The van der Waals surface area contributed by atoms with Gasteiger partial charge >= 0.3 is 5.97 Å². The van der Waals surface area contributed by atoms with Crippen molar-refractivity contribution < 1.29 is 24.3 Å². The number of phenols is 1. The number of oxime groups is 2. The zero-order valence-electron chi connectivity index (χ0n) is 13.9. The summed E-state index contributed by atoms with van der Waals surface area (Å²) in [7, 11) is 2.61. The minimum absolute atomic E-state index is 0.0360. The van der Waals surface area contributed by atoms with Crippen LogP contribution in [0.25, 0.3) is 0 Å². The summed E-state index contributed by atoms with van der Waals surface area (Å²) in [5.41, 5.74) is 1.77. The molecule has 0 aliphatic carbocycles. The molecule has 130 valence electrons. The highest BCUT2D eigenvalue weighted by molar-refractivity contribution is 6.43. The van der Waals surface area contributed by atoms with Crippen LogP contribution in [-0.2, 0) is 25.8 Å². The Morgan fingerprint density at radius 3 is 2.56 bits per heavy atom. The second-order valence-electron chi connectivity index (χ2n) is 4.84. The Bertz CT molecular complexity index is 787. The van der Waals surface area contributed by atoms with E-state index in [2.05, 4.69) is 10.3 Å². The summed E-state index contributed by atoms with van der Waals surface area (Å²) in [6.45, 7) is 0.0972. The van der Waals surface area contributed by atoms with Gasteiger partial charge in [-0.05, 0) is 12.1 Å². The number of rotatable bonds is 7. The number of para-hydroxylation sites is 1. The van der Waals surface area contributed by atoms with Crippen molar-refractivity contribution >= 4 is 17.9 Å². The van der Waals surface area contributed by atoms with Gasteiger partial charge in [0.25, 0.3) is 0 Å². The van der Waals surface area contributed by atoms with Gasteiger partial charge in [0.2, 0.25) is 0 Å². The predicted molar refractivity (Wildman–Crippen MR) is 92.5 cm³/mol. The van der Waals surface area contributed by atoms with Crippen molar-refractivity contribution in [2.24, 2.45) is 10.3 Å². The van der Waals surface area contributed by atoms with E-state index in [4.69, 9.17) is 14.4 Å². The quantitative estimate of drug-likeness (QED) is 0.474. The van der Waals surface area contributed by atoms with E-state index in [0.29, 0.717) is 16.7 Å². The van der Waals surface area contributed by atoms with E-state index in [9.17, 15) is 9.90 Å². The molecule has 2 aromatic rings. The highest BCUT2D eigenvalue weighted by Gasteiger charge is 2.19. The van der Waals surface area contributed by atoms with Gasteiger partial charge in [-0.25, -0.2) is 4.79 Å². The summed E-state index contributed by atoms with van der Waals surface area (Å²) in [5.74, 6) is -0.512. The zero-order chi connectivity index (χ0) is 18.1. The average Bonchev–Trinajstić information content (AvgIpc) is 2.64. The number of benzene rings is 2. The van der Waals surface area contributed by atoms with Gasteiger partial charge in [0.1, 0.15) is 19.5 Å². The molecule has 0 fully saturated rings. The Balaban J connectivity index is 2.14. The van der Waals surface area contributed by atoms with Crippen LogP contribution in [0, 0.1) is 0 Å². The number of aromatic hydroxyl groups is 1. The smallest absolute Gasteiger partial charge is 0.360 e. The fraction of sp³-hybridized carbons (Fsp3) is 0.167. The van der Waals surface area contributed by atoms with Crippen LogP contribution in [0.1, 0.15) is 16.7 Å². The topological polar surface area (TPSA) is 89.7 Å². The lowest BCUT2D eigenvalue weighted by atomic mass is 10.0. The largest absolute Gasteiger partial charge is 0.507 e. The maximum absolute atomic E-state index is 11.9. The van der Waals surface area contributed by atoms with E-state index in [1.807, 2.05) is 0 Å². The van der Waals surface area contributed by atoms with Gasteiger partial charge in [-0.15, -0.1) is 0 Å². The predicted octanol–water partition coefficient (Wildman–Crippen LogP) is 2.47. The van der Waals surface area contributed by atoms with E-state index in [1.54, 1.807) is 48.5 Å². The minimum atomic E-state index is -0.619. The summed E-state index contributed by atoms with van der Waals surface area (Å²) in [6, 6.07) is 13.8. The summed E-state index contributed by atoms with van der Waals surface area (Å²) < 4.78 is 4.72. The Morgan fingerprint density at radius 1 is 1.12 bits per heavy atom. The second kappa shape index (κ2) is 9.07. The molecule has 0 aromatic heterocycles. The van der Waals surface area contributed by atoms with Gasteiger partial charge in [0.15, 0.2) is 5.71 Å². The van der Waals surface area contributed by atoms with Crippen LogP contribution in [0.4, 0.5) is 0 Å². The molecule has 0 atom stereocenters. The highest BCUT2D eigenvalue weighted by atomic mass is 16.6. The highest BCUT2D eigenvalue weighted by Crippen LogP contribution is 2.15. The van der Waals surface area contributed by atoms with Gasteiger partial charge in [-0.2, -0.15) is 0 Å². The van der Waals surface area contributed by atoms with Crippen LogP contribution < -0.4 is 0 Å². The van der Waals surface area contributed by atoms with Crippen molar-refractivity contribution in [3.8, 4) is 5.75 Å². The molecule has 2 rings (SSSR count). The lowest BCUT2D eigenvalue weighted by Gasteiger charge is -2.09. The fourth-order valence-corrected chi connectivity index (χ4v) is 2.06. The first kappa shape index (κ1) is 18.0. The number of nitrogens with zero attached hydrogens (tertiary/aromatic N) is 2. The molecule has 0 radical (unpaired) electrons. The first-order valence-corrected chi connectivity index (χ1v) is 7.38. The molecule has 7 nitrogen and oxygen atoms in total. The molecule has 0 spiro atoms. The maximum atomic E-state index is 11.9. The van der Waals surface area contributed by atoms with Crippen LogP contribution in [0.3, 0.4) is 0 Å². The molecule has 2 aromatic carbocycles. The molecule has 0 aliphatic heterocycles. The number of ether oxygens (including phenoxy) is 1. The van der Waals surface area contributed by atoms with Gasteiger partial charge in [-0.3, -0.25) is 0 Å². The lowest BCUT2D eigenvalue weighted by Crippen LogP contribution is -2.19. The zero-order valence-corrected chi connectivity index (χ0v) is 13.9. The lowest BCUT2D eigenvalue weighted by molar-refractivity contribution is -0.132. The molecule has 0 heterocycles. The molecule has 0 bridgehead atoms. The van der Waals surface area contributed by atoms with Crippen LogP contribution in [-0.4, -0.2) is 37.2 Å². The fourth-order valence-electron chi connectivity index (χ4n) is 2.06. The average molecular weight is 342 g/mol. The minimum Gasteiger partial charge on any atom is -0.507 e. The maximum Gasteiger partial charge on any atom is 0.360 e. The van der Waals surface area contributed by atoms with E-state index in [0.717, 1.165) is 0 Å². The van der Waals surface area contributed by atoms with Crippen molar-refractivity contribution in [2.75, 3.05) is 14.2 Å². The Morgan fingerprint density at radius 2 is 1.84 bits per heavy atom. The molecular formula is C18H18N2O5. The number of carbonyl (C=O) groups excluding carboxylic acids is 1. The third-order valence-corrected chi connectivity index (χ3v) is 3.26. The number of methoxy groups -OCH3 is 1. The summed E-state index contributed by atoms with van der Waals surface area (Å²) in [6.07, 6.45) is 1.41. The number of carbonyl (C=O) groups is 1. The second-order valence-corrected chi connectivity index (χ2v) is 4.84. The third-order valence-electron chi connectivity index (χ3n) is 3.26. The third kappa shape index (κ3) is 4.81. The van der Waals surface area contributed by atoms with Crippen LogP contribution in [0.15, 0.2) is 58.8 Å². The molecule has 1 N–H and O–H groups in total. The number of hydrogen-bond donors (Lipinski definition) is 1. The Kier molecular flexibility index (Phi) is 6.53. The molecule has 7 heteroatoms. The van der Waals surface area contributed by atoms with Gasteiger partial charge < -0.3 is 19.5 Å². The first-order valence-electron chi connectivity index (χ1n) is 7.38. The molecule has 0 aliphatic rings. The van der Waals surface area contributed by atoms with Crippen LogP contribution in [0.2, 0.25) is 0 Å². The van der Waals surface area contributed by atoms with Crippen LogP contribution in [0.5, 0.6) is 5.75 Å². The Hall–Kier alpha value is -3.35. The van der Waals surface area contributed by atoms with E-state index in [1.165, 1.54) is 20.4 Å². The number of esters is 1. The van der Waals surface area contributed by atoms with Crippen molar-refractivity contribution in [3.63, 3.8) is 0 Å². The van der Waals surface area contributed by atoms with Crippen molar-refractivity contribution in [3.05, 3.63) is 65.2 Å². The molecule has 0 saturated heterocycles.